The Balaban J connectivity index is 1.24. The summed E-state index contributed by atoms with van der Waals surface area (Å²) in [7, 11) is 1.59. The van der Waals surface area contributed by atoms with Gasteiger partial charge in [0.15, 0.2) is 0 Å². The standard InChI is InChI=1S/C28H37N5O4/c1-21-6-8-24(9-7-21)30-28(36)32-16-14-31(15-17-32)25-12-10-23(11-13-25)29-26(34)20-33(18-19-37-2)27(35)22-4-3-5-22/h6-13,22H,3-5,14-20H2,1-2H3,(H,29,34)(H,30,36). The number of urea groups is 1. The number of amides is 4. The molecule has 9 heteroatoms. The maximum Gasteiger partial charge on any atom is 0.321 e. The van der Waals surface area contributed by atoms with Crippen LogP contribution in [0, 0.1) is 12.8 Å². The molecule has 0 aromatic heterocycles. The van der Waals surface area contributed by atoms with Crippen LogP contribution in [0.3, 0.4) is 0 Å². The summed E-state index contributed by atoms with van der Waals surface area (Å²) in [4.78, 5) is 43.6. The van der Waals surface area contributed by atoms with Crippen molar-refractivity contribution >= 4 is 34.9 Å². The zero-order valence-electron chi connectivity index (χ0n) is 21.7. The van der Waals surface area contributed by atoms with Crippen molar-refractivity contribution in [3.05, 3.63) is 54.1 Å². The predicted molar refractivity (Wildman–Crippen MR) is 145 cm³/mol. The third kappa shape index (κ3) is 7.22. The number of ether oxygens (including phenoxy) is 1. The molecule has 0 unspecified atom stereocenters. The van der Waals surface area contributed by atoms with Gasteiger partial charge in [0.1, 0.15) is 0 Å². The number of piperazine rings is 1. The van der Waals surface area contributed by atoms with Crippen molar-refractivity contribution in [1.29, 1.82) is 0 Å². The van der Waals surface area contributed by atoms with Crippen LogP contribution in [-0.2, 0) is 14.3 Å². The third-order valence-corrected chi connectivity index (χ3v) is 7.05. The summed E-state index contributed by atoms with van der Waals surface area (Å²) >= 11 is 0. The van der Waals surface area contributed by atoms with E-state index in [0.717, 1.165) is 49.3 Å². The molecule has 2 N–H and O–H groups in total. The van der Waals surface area contributed by atoms with Gasteiger partial charge in [-0.05, 0) is 56.2 Å². The molecule has 4 amide bonds. The quantitative estimate of drug-likeness (QED) is 0.541. The van der Waals surface area contributed by atoms with Gasteiger partial charge in [0.05, 0.1) is 13.2 Å². The monoisotopic (exact) mass is 507 g/mol. The summed E-state index contributed by atoms with van der Waals surface area (Å²) in [5.74, 6) is -0.136. The van der Waals surface area contributed by atoms with E-state index >= 15 is 0 Å². The molecule has 2 fully saturated rings. The number of anilines is 3. The molecular formula is C28H37N5O4. The van der Waals surface area contributed by atoms with E-state index in [9.17, 15) is 14.4 Å². The lowest BCUT2D eigenvalue weighted by Gasteiger charge is -2.36. The number of hydrogen-bond donors (Lipinski definition) is 2. The molecule has 1 saturated heterocycles. The van der Waals surface area contributed by atoms with Gasteiger partial charge in [0.25, 0.3) is 0 Å². The van der Waals surface area contributed by atoms with Crippen molar-refractivity contribution in [2.45, 2.75) is 26.2 Å². The Morgan fingerprint density at radius 1 is 0.919 bits per heavy atom. The molecule has 1 aliphatic carbocycles. The van der Waals surface area contributed by atoms with Crippen LogP contribution in [0.15, 0.2) is 48.5 Å². The van der Waals surface area contributed by atoms with E-state index < -0.39 is 0 Å². The topological polar surface area (TPSA) is 94.2 Å². The number of carbonyl (C=O) groups excluding carboxylic acids is 3. The van der Waals surface area contributed by atoms with E-state index in [2.05, 4.69) is 15.5 Å². The lowest BCUT2D eigenvalue weighted by Crippen LogP contribution is -2.50. The molecule has 0 spiro atoms. The number of benzene rings is 2. The first-order valence-electron chi connectivity index (χ1n) is 13.0. The molecule has 2 aliphatic rings. The first-order chi connectivity index (χ1) is 17.9. The van der Waals surface area contributed by atoms with Crippen LogP contribution in [0.2, 0.25) is 0 Å². The number of rotatable bonds is 9. The molecule has 37 heavy (non-hydrogen) atoms. The Kier molecular flexibility index (Phi) is 9.00. The number of aryl methyl sites for hydroxylation is 1. The Bertz CT molecular complexity index is 1060. The van der Waals surface area contributed by atoms with Gasteiger partial charge in [-0.3, -0.25) is 9.59 Å². The zero-order chi connectivity index (χ0) is 26.2. The molecule has 1 saturated carbocycles. The lowest BCUT2D eigenvalue weighted by atomic mass is 9.84. The summed E-state index contributed by atoms with van der Waals surface area (Å²) in [6, 6.07) is 15.4. The molecule has 4 rings (SSSR count). The van der Waals surface area contributed by atoms with Crippen LogP contribution in [0.5, 0.6) is 0 Å². The molecule has 1 heterocycles. The van der Waals surface area contributed by atoms with Crippen LogP contribution in [-0.4, -0.2) is 80.6 Å². The average Bonchev–Trinajstić information content (AvgIpc) is 2.87. The fraction of sp³-hybridized carbons (Fsp3) is 0.464. The summed E-state index contributed by atoms with van der Waals surface area (Å²) < 4.78 is 5.12. The van der Waals surface area contributed by atoms with E-state index in [1.165, 1.54) is 0 Å². The van der Waals surface area contributed by atoms with Gasteiger partial charge in [0, 0.05) is 62.8 Å². The van der Waals surface area contributed by atoms with E-state index in [-0.39, 0.29) is 30.3 Å². The molecule has 2 aromatic carbocycles. The highest BCUT2D eigenvalue weighted by molar-refractivity contribution is 5.95. The van der Waals surface area contributed by atoms with Crippen molar-refractivity contribution in [2.24, 2.45) is 5.92 Å². The van der Waals surface area contributed by atoms with Crippen LogP contribution in [0.4, 0.5) is 21.9 Å². The van der Waals surface area contributed by atoms with Crippen molar-refractivity contribution in [3.8, 4) is 0 Å². The molecule has 0 bridgehead atoms. The van der Waals surface area contributed by atoms with Gasteiger partial charge in [0.2, 0.25) is 11.8 Å². The first-order valence-corrected chi connectivity index (χ1v) is 13.0. The minimum absolute atomic E-state index is 0.0209. The van der Waals surface area contributed by atoms with Gasteiger partial charge < -0.3 is 30.1 Å². The summed E-state index contributed by atoms with van der Waals surface area (Å²) in [6.45, 7) is 5.56. The van der Waals surface area contributed by atoms with Crippen LogP contribution >= 0.6 is 0 Å². The smallest absolute Gasteiger partial charge is 0.321 e. The van der Waals surface area contributed by atoms with Gasteiger partial charge >= 0.3 is 6.03 Å². The Morgan fingerprint density at radius 3 is 2.14 bits per heavy atom. The van der Waals surface area contributed by atoms with Gasteiger partial charge in [-0.1, -0.05) is 24.1 Å². The van der Waals surface area contributed by atoms with Gasteiger partial charge in [-0.2, -0.15) is 0 Å². The third-order valence-electron chi connectivity index (χ3n) is 7.05. The first kappa shape index (κ1) is 26.5. The minimum Gasteiger partial charge on any atom is -0.383 e. The molecule has 0 atom stereocenters. The summed E-state index contributed by atoms with van der Waals surface area (Å²) in [5.41, 5.74) is 3.68. The van der Waals surface area contributed by atoms with Crippen LogP contribution in [0.25, 0.3) is 0 Å². The highest BCUT2D eigenvalue weighted by Gasteiger charge is 2.30. The minimum atomic E-state index is -0.218. The maximum absolute atomic E-state index is 12.7. The van der Waals surface area contributed by atoms with Crippen molar-refractivity contribution in [1.82, 2.24) is 9.80 Å². The zero-order valence-corrected chi connectivity index (χ0v) is 21.7. The molecule has 0 radical (unpaired) electrons. The number of nitrogens with one attached hydrogen (secondary N) is 2. The van der Waals surface area contributed by atoms with Crippen molar-refractivity contribution in [2.75, 3.05) is 68.5 Å². The Labute approximate surface area is 218 Å². The predicted octanol–water partition coefficient (Wildman–Crippen LogP) is 3.56. The second-order valence-electron chi connectivity index (χ2n) is 9.75. The highest BCUT2D eigenvalue weighted by atomic mass is 16.5. The Morgan fingerprint density at radius 2 is 1.54 bits per heavy atom. The number of carbonyl (C=O) groups is 3. The fourth-order valence-corrected chi connectivity index (χ4v) is 4.52. The summed E-state index contributed by atoms with van der Waals surface area (Å²) in [6.07, 6.45) is 2.87. The fourth-order valence-electron chi connectivity index (χ4n) is 4.52. The second-order valence-corrected chi connectivity index (χ2v) is 9.75. The van der Waals surface area contributed by atoms with Crippen molar-refractivity contribution < 1.29 is 19.1 Å². The number of nitrogens with zero attached hydrogens (tertiary/aromatic N) is 3. The van der Waals surface area contributed by atoms with E-state index in [1.807, 2.05) is 60.4 Å². The van der Waals surface area contributed by atoms with E-state index in [1.54, 1.807) is 12.0 Å². The van der Waals surface area contributed by atoms with Crippen LogP contribution in [0.1, 0.15) is 24.8 Å². The number of methoxy groups -OCH3 is 1. The largest absolute Gasteiger partial charge is 0.383 e. The van der Waals surface area contributed by atoms with Crippen LogP contribution < -0.4 is 15.5 Å². The molecule has 1 aliphatic heterocycles. The highest BCUT2D eigenvalue weighted by Crippen LogP contribution is 2.28. The van der Waals surface area contributed by atoms with Crippen molar-refractivity contribution in [3.63, 3.8) is 0 Å². The molecule has 9 nitrogen and oxygen atoms in total. The Hall–Kier alpha value is -3.59. The van der Waals surface area contributed by atoms with E-state index in [4.69, 9.17) is 4.74 Å². The number of hydrogen-bond acceptors (Lipinski definition) is 5. The maximum atomic E-state index is 12.7. The molecule has 2 aromatic rings. The van der Waals surface area contributed by atoms with Gasteiger partial charge in [-0.25, -0.2) is 4.79 Å². The second kappa shape index (κ2) is 12.6. The lowest BCUT2D eigenvalue weighted by molar-refractivity contribution is -0.141. The normalized spacial score (nSPS) is 15.6. The molecule has 198 valence electrons. The van der Waals surface area contributed by atoms with Gasteiger partial charge in [-0.15, -0.1) is 0 Å². The summed E-state index contributed by atoms with van der Waals surface area (Å²) in [5, 5.41) is 5.86. The molecular weight excluding hydrogens is 470 g/mol. The SMILES string of the molecule is COCCN(CC(=O)Nc1ccc(N2CCN(C(=O)Nc3ccc(C)cc3)CC2)cc1)C(=O)C1CCC1. The van der Waals surface area contributed by atoms with E-state index in [0.29, 0.717) is 31.9 Å². The average molecular weight is 508 g/mol.